The molecule has 28 heavy (non-hydrogen) atoms. The summed E-state index contributed by atoms with van der Waals surface area (Å²) in [6.45, 7) is 2.97. The van der Waals surface area contributed by atoms with Crippen LogP contribution in [-0.4, -0.2) is 38.7 Å². The zero-order chi connectivity index (χ0) is 20.9. The molecule has 8 nitrogen and oxygen atoms in total. The molecule has 0 fully saturated rings. The second-order valence-corrected chi connectivity index (χ2v) is 7.68. The van der Waals surface area contributed by atoms with Crippen LogP contribution in [0.1, 0.15) is 35.9 Å². The standard InChI is InChI=1S/C19H21NO7S/c1-12(21)14-6-10-17(11-7-14)28(24,25)20-16-8-4-15(5-9-16)19(23)27-13(2)18(22)26-3/h4-13,20-21H,1-3H3/t12-,13-/m0/s1. The van der Waals surface area contributed by atoms with Gasteiger partial charge in [0.15, 0.2) is 6.10 Å². The molecule has 2 atom stereocenters. The van der Waals surface area contributed by atoms with Gasteiger partial charge in [0.2, 0.25) is 0 Å². The van der Waals surface area contributed by atoms with E-state index in [1.54, 1.807) is 6.92 Å². The highest BCUT2D eigenvalue weighted by Crippen LogP contribution is 2.20. The first-order chi connectivity index (χ1) is 13.1. The van der Waals surface area contributed by atoms with Crippen molar-refractivity contribution in [2.45, 2.75) is 31.0 Å². The molecule has 0 amide bonds. The molecule has 0 aromatic heterocycles. The van der Waals surface area contributed by atoms with Crippen molar-refractivity contribution in [2.75, 3.05) is 11.8 Å². The second kappa shape index (κ2) is 8.85. The Balaban J connectivity index is 2.08. The molecule has 0 heterocycles. The molecule has 0 aliphatic rings. The number of carbonyl (C=O) groups excluding carboxylic acids is 2. The number of anilines is 1. The molecule has 150 valence electrons. The summed E-state index contributed by atoms with van der Waals surface area (Å²) in [5.74, 6) is -1.42. The molecule has 0 saturated carbocycles. The summed E-state index contributed by atoms with van der Waals surface area (Å²) in [5, 5.41) is 9.49. The van der Waals surface area contributed by atoms with Crippen LogP contribution in [0.25, 0.3) is 0 Å². The fraction of sp³-hybridized carbons (Fsp3) is 0.263. The van der Waals surface area contributed by atoms with Crippen LogP contribution >= 0.6 is 0 Å². The van der Waals surface area contributed by atoms with Gasteiger partial charge in [-0.3, -0.25) is 4.72 Å². The minimum atomic E-state index is -3.83. The quantitative estimate of drug-likeness (QED) is 0.676. The summed E-state index contributed by atoms with van der Waals surface area (Å²) in [6.07, 6.45) is -1.75. The molecule has 0 saturated heterocycles. The van der Waals surface area contributed by atoms with Gasteiger partial charge in [0.05, 0.1) is 23.7 Å². The molecule has 2 N–H and O–H groups in total. The summed E-state index contributed by atoms with van der Waals surface area (Å²) in [4.78, 5) is 23.3. The molecular formula is C19H21NO7S. The third kappa shape index (κ3) is 5.30. The Morgan fingerprint density at radius 2 is 1.57 bits per heavy atom. The number of sulfonamides is 1. The first-order valence-corrected chi connectivity index (χ1v) is 9.82. The number of benzene rings is 2. The van der Waals surface area contributed by atoms with E-state index in [4.69, 9.17) is 4.74 Å². The number of nitrogens with one attached hydrogen (secondary N) is 1. The number of aliphatic hydroxyl groups is 1. The van der Waals surface area contributed by atoms with Gasteiger partial charge < -0.3 is 14.6 Å². The molecule has 2 aromatic rings. The Bertz CT molecular complexity index is 935. The molecule has 0 aliphatic heterocycles. The summed E-state index contributed by atoms with van der Waals surface area (Å²) in [5.41, 5.74) is 1.00. The van der Waals surface area contributed by atoms with E-state index in [0.717, 1.165) is 0 Å². The van der Waals surface area contributed by atoms with Crippen LogP contribution in [0.5, 0.6) is 0 Å². The fourth-order valence-electron chi connectivity index (χ4n) is 2.26. The predicted molar refractivity (Wildman–Crippen MR) is 101 cm³/mol. The lowest BCUT2D eigenvalue weighted by Gasteiger charge is -2.12. The number of hydrogen-bond acceptors (Lipinski definition) is 7. The average molecular weight is 407 g/mol. The van der Waals surface area contributed by atoms with Gasteiger partial charge in [0.25, 0.3) is 10.0 Å². The Morgan fingerprint density at radius 1 is 1.00 bits per heavy atom. The van der Waals surface area contributed by atoms with Crippen LogP contribution in [-0.2, 0) is 24.3 Å². The lowest BCUT2D eigenvalue weighted by molar-refractivity contribution is -0.149. The van der Waals surface area contributed by atoms with Gasteiger partial charge in [-0.15, -0.1) is 0 Å². The van der Waals surface area contributed by atoms with Crippen molar-refractivity contribution in [2.24, 2.45) is 0 Å². The maximum absolute atomic E-state index is 12.4. The van der Waals surface area contributed by atoms with Crippen LogP contribution < -0.4 is 4.72 Å². The van der Waals surface area contributed by atoms with Crippen molar-refractivity contribution >= 4 is 27.6 Å². The number of carbonyl (C=O) groups is 2. The van der Waals surface area contributed by atoms with Gasteiger partial charge in [-0.05, 0) is 55.8 Å². The first kappa shape index (κ1) is 21.4. The maximum Gasteiger partial charge on any atom is 0.346 e. The van der Waals surface area contributed by atoms with E-state index in [1.165, 1.54) is 62.6 Å². The van der Waals surface area contributed by atoms with Crippen molar-refractivity contribution in [3.63, 3.8) is 0 Å². The summed E-state index contributed by atoms with van der Waals surface area (Å²) in [7, 11) is -2.65. The van der Waals surface area contributed by atoms with Crippen LogP contribution in [0.2, 0.25) is 0 Å². The zero-order valence-electron chi connectivity index (χ0n) is 15.6. The maximum atomic E-state index is 12.4. The largest absolute Gasteiger partial charge is 0.466 e. The number of methoxy groups -OCH3 is 1. The topological polar surface area (TPSA) is 119 Å². The van der Waals surface area contributed by atoms with Crippen LogP contribution in [0.4, 0.5) is 5.69 Å². The smallest absolute Gasteiger partial charge is 0.346 e. The third-order valence-corrected chi connectivity index (χ3v) is 5.26. The third-order valence-electron chi connectivity index (χ3n) is 3.86. The molecule has 0 unspecified atom stereocenters. The lowest BCUT2D eigenvalue weighted by atomic mass is 10.1. The predicted octanol–water partition coefficient (Wildman–Crippen LogP) is 2.26. The zero-order valence-corrected chi connectivity index (χ0v) is 16.4. The Kier molecular flexibility index (Phi) is 6.76. The molecule has 0 radical (unpaired) electrons. The molecule has 0 spiro atoms. The number of aliphatic hydroxyl groups excluding tert-OH is 1. The number of rotatable bonds is 7. The summed E-state index contributed by atoms with van der Waals surface area (Å²) >= 11 is 0. The van der Waals surface area contributed by atoms with E-state index < -0.39 is 34.2 Å². The van der Waals surface area contributed by atoms with Gasteiger partial charge in [0, 0.05) is 5.69 Å². The second-order valence-electron chi connectivity index (χ2n) is 6.00. The van der Waals surface area contributed by atoms with Gasteiger partial charge in [-0.25, -0.2) is 18.0 Å². The number of hydrogen-bond donors (Lipinski definition) is 2. The molecule has 0 aliphatic carbocycles. The SMILES string of the molecule is COC(=O)[C@H](C)OC(=O)c1ccc(NS(=O)(=O)c2ccc([C@H](C)O)cc2)cc1. The van der Waals surface area contributed by atoms with Crippen LogP contribution in [0.3, 0.4) is 0 Å². The lowest BCUT2D eigenvalue weighted by Crippen LogP contribution is -2.25. The number of ether oxygens (including phenoxy) is 2. The Labute approximate surface area is 163 Å². The van der Waals surface area contributed by atoms with Crippen LogP contribution in [0, 0.1) is 0 Å². The molecule has 2 rings (SSSR count). The van der Waals surface area contributed by atoms with E-state index in [2.05, 4.69) is 9.46 Å². The van der Waals surface area contributed by atoms with Crippen molar-refractivity contribution in [1.82, 2.24) is 0 Å². The Hall–Kier alpha value is -2.91. The van der Waals surface area contributed by atoms with Gasteiger partial charge in [0.1, 0.15) is 0 Å². The molecule has 9 heteroatoms. The molecule has 2 aromatic carbocycles. The van der Waals surface area contributed by atoms with Gasteiger partial charge >= 0.3 is 11.9 Å². The van der Waals surface area contributed by atoms with E-state index in [-0.39, 0.29) is 16.1 Å². The van der Waals surface area contributed by atoms with E-state index in [0.29, 0.717) is 5.56 Å². The highest BCUT2D eigenvalue weighted by atomic mass is 32.2. The molecule has 0 bridgehead atoms. The first-order valence-electron chi connectivity index (χ1n) is 8.34. The van der Waals surface area contributed by atoms with Crippen molar-refractivity contribution in [1.29, 1.82) is 0 Å². The minimum Gasteiger partial charge on any atom is -0.466 e. The normalized spacial score (nSPS) is 13.3. The van der Waals surface area contributed by atoms with E-state index in [1.807, 2.05) is 0 Å². The summed E-state index contributed by atoms with van der Waals surface area (Å²) in [6, 6.07) is 11.4. The highest BCUT2D eigenvalue weighted by molar-refractivity contribution is 7.92. The minimum absolute atomic E-state index is 0.0345. The van der Waals surface area contributed by atoms with Crippen LogP contribution in [0.15, 0.2) is 53.4 Å². The van der Waals surface area contributed by atoms with Gasteiger partial charge in [-0.1, -0.05) is 12.1 Å². The Morgan fingerprint density at radius 3 is 2.07 bits per heavy atom. The van der Waals surface area contributed by atoms with Crippen molar-refractivity contribution in [3.8, 4) is 0 Å². The van der Waals surface area contributed by atoms with E-state index >= 15 is 0 Å². The average Bonchev–Trinajstić information content (AvgIpc) is 2.67. The highest BCUT2D eigenvalue weighted by Gasteiger charge is 2.20. The van der Waals surface area contributed by atoms with Crippen molar-refractivity contribution < 1.29 is 32.6 Å². The monoisotopic (exact) mass is 407 g/mol. The van der Waals surface area contributed by atoms with E-state index in [9.17, 15) is 23.1 Å². The van der Waals surface area contributed by atoms with Gasteiger partial charge in [-0.2, -0.15) is 0 Å². The number of esters is 2. The summed E-state index contributed by atoms with van der Waals surface area (Å²) < 4.78 is 36.7. The van der Waals surface area contributed by atoms with Crippen molar-refractivity contribution in [3.05, 3.63) is 59.7 Å². The molecular weight excluding hydrogens is 386 g/mol. The fourth-order valence-corrected chi connectivity index (χ4v) is 3.32.